The molecular weight excluding hydrogens is 168 g/mol. The van der Waals surface area contributed by atoms with Crippen molar-refractivity contribution in [2.75, 3.05) is 0 Å². The third kappa shape index (κ3) is 2.62. The Bertz CT molecular complexity index is 265. The van der Waals surface area contributed by atoms with Gasteiger partial charge >= 0.3 is 0 Å². The van der Waals surface area contributed by atoms with Crippen LogP contribution in [0.1, 0.15) is 26.2 Å². The highest BCUT2D eigenvalue weighted by Gasteiger charge is 2.27. The summed E-state index contributed by atoms with van der Waals surface area (Å²) in [4.78, 5) is 27.5. The summed E-state index contributed by atoms with van der Waals surface area (Å²) < 4.78 is 0. The van der Waals surface area contributed by atoms with Crippen molar-refractivity contribution in [3.05, 3.63) is 0 Å². The predicted molar refractivity (Wildman–Crippen MR) is 46.8 cm³/mol. The zero-order valence-electron chi connectivity index (χ0n) is 7.56. The zero-order chi connectivity index (χ0) is 9.68. The Hall–Kier alpha value is -1.24. The predicted octanol–water partition coefficient (Wildman–Crippen LogP) is 1.22. The molecule has 0 bridgehead atoms. The standard InChI is InChI=1S/C9H12N2O2/c1-7-2-3-8(10-5-12)4-9(7)11-6-13/h7-9H,2-4H2,1H3/t7-,8+,9+/m1/s1. The van der Waals surface area contributed by atoms with Gasteiger partial charge in [-0.3, -0.25) is 0 Å². The van der Waals surface area contributed by atoms with Gasteiger partial charge < -0.3 is 0 Å². The Morgan fingerprint density at radius 1 is 1.15 bits per heavy atom. The van der Waals surface area contributed by atoms with Crippen LogP contribution in [0.25, 0.3) is 0 Å². The van der Waals surface area contributed by atoms with Crippen LogP contribution in [-0.2, 0) is 9.59 Å². The highest BCUT2D eigenvalue weighted by atomic mass is 16.1. The first kappa shape index (κ1) is 9.85. The number of rotatable bonds is 2. The van der Waals surface area contributed by atoms with Crippen molar-refractivity contribution in [3.8, 4) is 0 Å². The first-order chi connectivity index (χ1) is 6.27. The summed E-state index contributed by atoms with van der Waals surface area (Å²) in [7, 11) is 0. The van der Waals surface area contributed by atoms with Crippen LogP contribution in [0.4, 0.5) is 0 Å². The van der Waals surface area contributed by atoms with Crippen molar-refractivity contribution in [2.24, 2.45) is 15.9 Å². The number of carbonyl (C=O) groups excluding carboxylic acids is 2. The molecule has 0 aromatic carbocycles. The topological polar surface area (TPSA) is 58.9 Å². The molecule has 0 amide bonds. The molecule has 0 N–H and O–H groups in total. The van der Waals surface area contributed by atoms with Crippen LogP contribution in [0.3, 0.4) is 0 Å². The summed E-state index contributed by atoms with van der Waals surface area (Å²) in [5, 5.41) is 0. The second kappa shape index (κ2) is 4.70. The van der Waals surface area contributed by atoms with Gasteiger partial charge in [-0.15, -0.1) is 0 Å². The average molecular weight is 180 g/mol. The van der Waals surface area contributed by atoms with Crippen molar-refractivity contribution in [1.29, 1.82) is 0 Å². The first-order valence-electron chi connectivity index (χ1n) is 4.42. The van der Waals surface area contributed by atoms with Crippen LogP contribution in [0.5, 0.6) is 0 Å². The Kier molecular flexibility index (Phi) is 3.56. The lowest BCUT2D eigenvalue weighted by molar-refractivity contribution is 0.302. The maximum atomic E-state index is 10.1. The highest BCUT2D eigenvalue weighted by Crippen LogP contribution is 2.27. The summed E-state index contributed by atoms with van der Waals surface area (Å²) in [5.74, 6) is 0.388. The zero-order valence-corrected chi connectivity index (χ0v) is 7.56. The van der Waals surface area contributed by atoms with E-state index < -0.39 is 0 Å². The van der Waals surface area contributed by atoms with Crippen LogP contribution in [0.2, 0.25) is 0 Å². The van der Waals surface area contributed by atoms with E-state index in [2.05, 4.69) is 9.98 Å². The smallest absolute Gasteiger partial charge is 0.211 e. The van der Waals surface area contributed by atoms with Crippen molar-refractivity contribution in [1.82, 2.24) is 0 Å². The summed E-state index contributed by atoms with van der Waals surface area (Å²) in [6, 6.07) is -0.0239. The normalized spacial score (nSPS) is 32.8. The molecule has 4 nitrogen and oxygen atoms in total. The van der Waals surface area contributed by atoms with Gasteiger partial charge in [0.1, 0.15) is 0 Å². The van der Waals surface area contributed by atoms with Gasteiger partial charge in [0, 0.05) is 0 Å². The molecule has 0 saturated heterocycles. The van der Waals surface area contributed by atoms with Gasteiger partial charge in [0.05, 0.1) is 12.1 Å². The van der Waals surface area contributed by atoms with E-state index in [1.54, 1.807) is 12.2 Å². The van der Waals surface area contributed by atoms with Gasteiger partial charge in [0.2, 0.25) is 12.2 Å². The van der Waals surface area contributed by atoms with E-state index in [4.69, 9.17) is 0 Å². The molecule has 0 aliphatic heterocycles. The SMILES string of the molecule is C[C@@H]1CC[C@H](N=C=O)C[C@@H]1N=C=O. The number of aliphatic imine (C=N–C) groups is 2. The molecule has 3 atom stereocenters. The molecule has 0 heterocycles. The van der Waals surface area contributed by atoms with Crippen LogP contribution in [0.15, 0.2) is 9.98 Å². The van der Waals surface area contributed by atoms with Crippen LogP contribution < -0.4 is 0 Å². The number of hydrogen-bond donors (Lipinski definition) is 0. The molecule has 1 aliphatic carbocycles. The molecule has 13 heavy (non-hydrogen) atoms. The minimum atomic E-state index is -0.0200. The maximum absolute atomic E-state index is 10.1. The Morgan fingerprint density at radius 2 is 1.85 bits per heavy atom. The molecule has 0 spiro atoms. The van der Waals surface area contributed by atoms with E-state index in [1.807, 2.05) is 6.92 Å². The number of isocyanates is 2. The lowest BCUT2D eigenvalue weighted by atomic mass is 9.83. The Balaban J connectivity index is 2.62. The van der Waals surface area contributed by atoms with Crippen molar-refractivity contribution in [2.45, 2.75) is 38.3 Å². The highest BCUT2D eigenvalue weighted by molar-refractivity contribution is 5.35. The lowest BCUT2D eigenvalue weighted by Gasteiger charge is -2.27. The largest absolute Gasteiger partial charge is 0.235 e. The second-order valence-corrected chi connectivity index (χ2v) is 3.45. The molecule has 70 valence electrons. The minimum absolute atomic E-state index is 0.00389. The summed E-state index contributed by atoms with van der Waals surface area (Å²) in [6.45, 7) is 2.05. The van der Waals surface area contributed by atoms with Crippen LogP contribution >= 0.6 is 0 Å². The van der Waals surface area contributed by atoms with E-state index in [1.165, 1.54) is 0 Å². The summed E-state index contributed by atoms with van der Waals surface area (Å²) in [5.41, 5.74) is 0. The molecule has 1 aliphatic rings. The Morgan fingerprint density at radius 3 is 2.46 bits per heavy atom. The van der Waals surface area contributed by atoms with E-state index >= 15 is 0 Å². The van der Waals surface area contributed by atoms with Crippen LogP contribution in [0, 0.1) is 5.92 Å². The van der Waals surface area contributed by atoms with Crippen molar-refractivity contribution >= 4 is 12.2 Å². The van der Waals surface area contributed by atoms with Gasteiger partial charge in [-0.25, -0.2) is 19.6 Å². The average Bonchev–Trinajstić information content (AvgIpc) is 2.12. The molecule has 1 rings (SSSR count). The molecule has 1 saturated carbocycles. The summed E-state index contributed by atoms with van der Waals surface area (Å²) in [6.07, 6.45) is 5.63. The molecule has 0 unspecified atom stereocenters. The lowest BCUT2D eigenvalue weighted by Crippen LogP contribution is -2.28. The Labute approximate surface area is 76.8 Å². The van der Waals surface area contributed by atoms with Gasteiger partial charge in [-0.05, 0) is 25.2 Å². The van der Waals surface area contributed by atoms with Crippen LogP contribution in [-0.4, -0.2) is 24.2 Å². The van der Waals surface area contributed by atoms with Gasteiger partial charge in [0.15, 0.2) is 0 Å². The molecule has 4 heteroatoms. The van der Waals surface area contributed by atoms with Crippen molar-refractivity contribution in [3.63, 3.8) is 0 Å². The molecular formula is C9H12N2O2. The maximum Gasteiger partial charge on any atom is 0.235 e. The fourth-order valence-corrected chi connectivity index (χ4v) is 1.72. The van der Waals surface area contributed by atoms with Gasteiger partial charge in [-0.2, -0.15) is 0 Å². The number of nitrogens with zero attached hydrogens (tertiary/aromatic N) is 2. The minimum Gasteiger partial charge on any atom is -0.211 e. The quantitative estimate of drug-likeness (QED) is 0.473. The van der Waals surface area contributed by atoms with E-state index in [-0.39, 0.29) is 12.1 Å². The monoisotopic (exact) mass is 180 g/mol. The molecule has 0 aromatic rings. The third-order valence-corrected chi connectivity index (χ3v) is 2.58. The fourth-order valence-electron chi connectivity index (χ4n) is 1.72. The second-order valence-electron chi connectivity index (χ2n) is 3.45. The number of hydrogen-bond acceptors (Lipinski definition) is 4. The van der Waals surface area contributed by atoms with Crippen molar-refractivity contribution < 1.29 is 9.59 Å². The molecule has 0 radical (unpaired) electrons. The fraction of sp³-hybridized carbons (Fsp3) is 0.778. The molecule has 0 aromatic heterocycles. The molecule has 1 fully saturated rings. The van der Waals surface area contributed by atoms with Gasteiger partial charge in [0.25, 0.3) is 0 Å². The van der Waals surface area contributed by atoms with E-state index in [9.17, 15) is 9.59 Å². The summed E-state index contributed by atoms with van der Waals surface area (Å²) >= 11 is 0. The van der Waals surface area contributed by atoms with Gasteiger partial charge in [-0.1, -0.05) is 6.92 Å². The van der Waals surface area contributed by atoms with E-state index in [0.29, 0.717) is 12.3 Å². The van der Waals surface area contributed by atoms with E-state index in [0.717, 1.165) is 12.8 Å². The third-order valence-electron chi connectivity index (χ3n) is 2.58. The first-order valence-corrected chi connectivity index (χ1v) is 4.42.